The highest BCUT2D eigenvalue weighted by Gasteiger charge is 2.30. The number of carbonyl (C=O) groups is 1. The van der Waals surface area contributed by atoms with Gasteiger partial charge in [0.15, 0.2) is 0 Å². The van der Waals surface area contributed by atoms with Gasteiger partial charge in [0, 0.05) is 35.3 Å². The summed E-state index contributed by atoms with van der Waals surface area (Å²) in [6.07, 6.45) is 5.85. The predicted octanol–water partition coefficient (Wildman–Crippen LogP) is 2.41. The highest BCUT2D eigenvalue weighted by atomic mass is 16.2. The fourth-order valence-electron chi connectivity index (χ4n) is 2.61. The molecule has 1 saturated heterocycles. The van der Waals surface area contributed by atoms with Crippen LogP contribution in [-0.2, 0) is 4.79 Å². The number of fused-ring (bicyclic) bond motifs is 1. The van der Waals surface area contributed by atoms with Crippen LogP contribution in [0.5, 0.6) is 0 Å². The fourth-order valence-corrected chi connectivity index (χ4v) is 2.61. The van der Waals surface area contributed by atoms with E-state index in [-0.39, 0.29) is 11.8 Å². The van der Waals surface area contributed by atoms with Gasteiger partial charge in [-0.3, -0.25) is 4.79 Å². The number of terminal acetylenes is 1. The molecule has 0 aromatic heterocycles. The summed E-state index contributed by atoms with van der Waals surface area (Å²) >= 11 is 0. The van der Waals surface area contributed by atoms with Crippen molar-refractivity contribution in [2.75, 3.05) is 17.2 Å². The summed E-state index contributed by atoms with van der Waals surface area (Å²) in [6, 6.07) is 11.6. The third-order valence-corrected chi connectivity index (χ3v) is 3.58. The first kappa shape index (κ1) is 11.6. The van der Waals surface area contributed by atoms with Crippen LogP contribution in [0.4, 0.5) is 11.4 Å². The normalized spacial score (nSPS) is 18.8. The van der Waals surface area contributed by atoms with E-state index in [0.29, 0.717) is 13.0 Å². The van der Waals surface area contributed by atoms with Crippen LogP contribution < -0.4 is 10.6 Å². The molecule has 0 spiro atoms. The second kappa shape index (κ2) is 4.33. The van der Waals surface area contributed by atoms with Crippen molar-refractivity contribution in [3.05, 3.63) is 36.4 Å². The highest BCUT2D eigenvalue weighted by molar-refractivity contribution is 6.07. The van der Waals surface area contributed by atoms with Gasteiger partial charge in [0.1, 0.15) is 0 Å². The summed E-state index contributed by atoms with van der Waals surface area (Å²) in [4.78, 5) is 13.8. The number of carbonyl (C=O) groups excluding carboxylic acids is 1. The zero-order chi connectivity index (χ0) is 13.4. The predicted molar refractivity (Wildman–Crippen MR) is 77.7 cm³/mol. The van der Waals surface area contributed by atoms with Crippen molar-refractivity contribution in [1.29, 1.82) is 0 Å². The zero-order valence-corrected chi connectivity index (χ0v) is 10.5. The van der Waals surface area contributed by atoms with Gasteiger partial charge in [-0.05, 0) is 12.1 Å². The number of benzene rings is 2. The van der Waals surface area contributed by atoms with Crippen LogP contribution in [0.2, 0.25) is 0 Å². The van der Waals surface area contributed by atoms with Crippen LogP contribution in [0.25, 0.3) is 10.8 Å². The minimum Gasteiger partial charge on any atom is -0.398 e. The smallest absolute Gasteiger partial charge is 0.228 e. The molecule has 1 fully saturated rings. The van der Waals surface area contributed by atoms with Crippen molar-refractivity contribution < 1.29 is 4.79 Å². The molecule has 3 heteroatoms. The van der Waals surface area contributed by atoms with Gasteiger partial charge < -0.3 is 10.6 Å². The van der Waals surface area contributed by atoms with Gasteiger partial charge in [-0.25, -0.2) is 0 Å². The number of nitrogen functional groups attached to an aromatic ring is 1. The lowest BCUT2D eigenvalue weighted by Crippen LogP contribution is -2.24. The van der Waals surface area contributed by atoms with Crippen LogP contribution >= 0.6 is 0 Å². The van der Waals surface area contributed by atoms with Crippen LogP contribution in [-0.4, -0.2) is 12.5 Å². The Morgan fingerprint density at radius 1 is 1.21 bits per heavy atom. The number of nitrogens with two attached hydrogens (primary N) is 1. The van der Waals surface area contributed by atoms with Gasteiger partial charge in [0.05, 0.1) is 5.69 Å². The second-order valence-electron chi connectivity index (χ2n) is 4.79. The van der Waals surface area contributed by atoms with Crippen molar-refractivity contribution in [2.24, 2.45) is 5.92 Å². The molecular formula is C16H14N2O. The number of hydrogen-bond donors (Lipinski definition) is 1. The van der Waals surface area contributed by atoms with Gasteiger partial charge in [-0.15, -0.1) is 12.3 Å². The molecule has 0 saturated carbocycles. The van der Waals surface area contributed by atoms with Crippen molar-refractivity contribution in [3.63, 3.8) is 0 Å². The van der Waals surface area contributed by atoms with Crippen LogP contribution in [0.15, 0.2) is 36.4 Å². The summed E-state index contributed by atoms with van der Waals surface area (Å²) in [5, 5.41) is 1.96. The molecule has 0 radical (unpaired) electrons. The Hall–Kier alpha value is -2.47. The van der Waals surface area contributed by atoms with E-state index in [1.165, 1.54) is 0 Å². The lowest BCUT2D eigenvalue weighted by atomic mass is 10.1. The zero-order valence-electron chi connectivity index (χ0n) is 10.5. The third-order valence-electron chi connectivity index (χ3n) is 3.58. The maximum atomic E-state index is 12.1. The van der Waals surface area contributed by atoms with E-state index in [9.17, 15) is 4.79 Å². The summed E-state index contributed by atoms with van der Waals surface area (Å²) < 4.78 is 0. The molecule has 0 bridgehead atoms. The van der Waals surface area contributed by atoms with E-state index < -0.39 is 0 Å². The molecule has 3 nitrogen and oxygen atoms in total. The quantitative estimate of drug-likeness (QED) is 0.624. The molecule has 2 aromatic rings. The summed E-state index contributed by atoms with van der Waals surface area (Å²) in [7, 11) is 0. The second-order valence-corrected chi connectivity index (χ2v) is 4.79. The number of rotatable bonds is 1. The lowest BCUT2D eigenvalue weighted by Gasteiger charge is -2.18. The maximum absolute atomic E-state index is 12.1. The molecule has 1 aliphatic heterocycles. The Labute approximate surface area is 112 Å². The molecule has 1 amide bonds. The molecule has 1 atom stereocenters. The van der Waals surface area contributed by atoms with E-state index in [1.54, 1.807) is 4.90 Å². The molecule has 2 aromatic carbocycles. The Kier molecular flexibility index (Phi) is 2.64. The molecule has 2 N–H and O–H groups in total. The standard InChI is InChI=1S/C16H14N2O/c1-2-11-9-16(19)18(10-11)15-8-4-5-12-13(15)6-3-7-14(12)17/h1,3-8,11H,9-10,17H2. The average molecular weight is 250 g/mol. The Morgan fingerprint density at radius 3 is 2.68 bits per heavy atom. The molecule has 1 heterocycles. The number of nitrogens with zero attached hydrogens (tertiary/aromatic N) is 1. The molecule has 1 aliphatic rings. The van der Waals surface area contributed by atoms with Crippen molar-refractivity contribution in [3.8, 4) is 12.3 Å². The lowest BCUT2D eigenvalue weighted by molar-refractivity contribution is -0.117. The van der Waals surface area contributed by atoms with E-state index in [4.69, 9.17) is 12.2 Å². The van der Waals surface area contributed by atoms with Crippen LogP contribution in [0, 0.1) is 18.3 Å². The van der Waals surface area contributed by atoms with E-state index in [1.807, 2.05) is 36.4 Å². The molecular weight excluding hydrogens is 236 g/mol. The van der Waals surface area contributed by atoms with Crippen molar-refractivity contribution in [2.45, 2.75) is 6.42 Å². The fraction of sp³-hybridized carbons (Fsp3) is 0.188. The summed E-state index contributed by atoms with van der Waals surface area (Å²) in [5.74, 6) is 2.75. The third kappa shape index (κ3) is 1.82. The molecule has 1 unspecified atom stereocenters. The van der Waals surface area contributed by atoms with Gasteiger partial charge in [0.25, 0.3) is 0 Å². The van der Waals surface area contributed by atoms with Gasteiger partial charge >= 0.3 is 0 Å². The monoisotopic (exact) mass is 250 g/mol. The molecule has 0 aliphatic carbocycles. The van der Waals surface area contributed by atoms with Crippen molar-refractivity contribution in [1.82, 2.24) is 0 Å². The molecule has 19 heavy (non-hydrogen) atoms. The minimum absolute atomic E-state index is 0.00353. The first-order valence-corrected chi connectivity index (χ1v) is 6.24. The van der Waals surface area contributed by atoms with Gasteiger partial charge in [-0.2, -0.15) is 0 Å². The van der Waals surface area contributed by atoms with E-state index in [0.717, 1.165) is 22.1 Å². The van der Waals surface area contributed by atoms with Gasteiger partial charge in [0.2, 0.25) is 5.91 Å². The van der Waals surface area contributed by atoms with Crippen LogP contribution in [0.3, 0.4) is 0 Å². The largest absolute Gasteiger partial charge is 0.398 e. The number of hydrogen-bond acceptors (Lipinski definition) is 2. The summed E-state index contributed by atoms with van der Waals surface area (Å²) in [5.41, 5.74) is 7.59. The van der Waals surface area contributed by atoms with E-state index in [2.05, 4.69) is 5.92 Å². The van der Waals surface area contributed by atoms with Crippen molar-refractivity contribution >= 4 is 28.1 Å². The molecule has 3 rings (SSSR count). The topological polar surface area (TPSA) is 46.3 Å². The Bertz CT molecular complexity index is 699. The first-order valence-electron chi connectivity index (χ1n) is 6.24. The Morgan fingerprint density at radius 2 is 1.95 bits per heavy atom. The maximum Gasteiger partial charge on any atom is 0.228 e. The number of amides is 1. The van der Waals surface area contributed by atoms with Crippen LogP contribution in [0.1, 0.15) is 6.42 Å². The van der Waals surface area contributed by atoms with E-state index >= 15 is 0 Å². The Balaban J connectivity index is 2.14. The SMILES string of the molecule is C#CC1CC(=O)N(c2cccc3c(N)cccc23)C1. The minimum atomic E-state index is 0.00353. The highest BCUT2D eigenvalue weighted by Crippen LogP contribution is 2.33. The average Bonchev–Trinajstić information content (AvgIpc) is 2.80. The number of anilines is 2. The molecule has 94 valence electrons. The van der Waals surface area contributed by atoms with Gasteiger partial charge in [-0.1, -0.05) is 24.3 Å². The first-order chi connectivity index (χ1) is 9.20. The summed E-state index contributed by atoms with van der Waals surface area (Å²) in [6.45, 7) is 0.587.